The molecule has 0 atom stereocenters. The first-order valence-electron chi connectivity index (χ1n) is 10.5. The third-order valence-electron chi connectivity index (χ3n) is 5.36. The zero-order valence-electron chi connectivity index (χ0n) is 17.3. The Hall–Kier alpha value is -2.26. The molecule has 0 N–H and O–H groups in total. The van der Waals surface area contributed by atoms with E-state index >= 15 is 0 Å². The second-order valence-corrected chi connectivity index (χ2v) is 14.4. The van der Waals surface area contributed by atoms with Crippen LogP contribution in [-0.2, 0) is 0 Å². The van der Waals surface area contributed by atoms with Crippen LogP contribution >= 0.6 is 0 Å². The van der Waals surface area contributed by atoms with Gasteiger partial charge in [0.2, 0.25) is 0 Å². The van der Waals surface area contributed by atoms with Gasteiger partial charge in [0.25, 0.3) is 0 Å². The molecular formula is C25H26AsBF4. The summed E-state index contributed by atoms with van der Waals surface area (Å²) in [7, 11) is -6.00. The Balaban J connectivity index is 0.000000491. The fourth-order valence-electron chi connectivity index (χ4n) is 4.07. The van der Waals surface area contributed by atoms with Crippen LogP contribution in [0.15, 0.2) is 101 Å². The van der Waals surface area contributed by atoms with Gasteiger partial charge in [-0.05, 0) is 0 Å². The predicted octanol–water partition coefficient (Wildman–Crippen LogP) is 5.89. The van der Waals surface area contributed by atoms with Crippen molar-refractivity contribution in [1.82, 2.24) is 0 Å². The van der Waals surface area contributed by atoms with E-state index in [4.69, 9.17) is 0 Å². The smallest absolute Gasteiger partial charge is 0.418 e. The first kappa shape index (κ1) is 23.4. The summed E-state index contributed by atoms with van der Waals surface area (Å²) < 4.78 is 43.5. The summed E-state index contributed by atoms with van der Waals surface area (Å²) in [4.78, 5) is 2.75. The zero-order chi connectivity index (χ0) is 22.2. The van der Waals surface area contributed by atoms with Gasteiger partial charge < -0.3 is 17.3 Å². The standard InChI is InChI=1S/C25H26As.BF4/c1-5-13-22(14-6-1)21-26(23-15-7-2-8-16-23,24-17-9-3-10-18-24)25-19-11-4-12-20-25;2-1(3,4)5/h2-4,7-12,15-21H,1,5-6,13-14H2;/q+1;-1. The minimum absolute atomic E-state index is 1.27. The summed E-state index contributed by atoms with van der Waals surface area (Å²) in [5.41, 5.74) is 1.68. The molecule has 0 saturated heterocycles. The molecule has 0 bridgehead atoms. The summed E-state index contributed by atoms with van der Waals surface area (Å²) in [5, 5.41) is 0. The number of benzene rings is 3. The number of rotatable bonds is 4. The largest absolute Gasteiger partial charge is 0.673 e. The molecule has 3 aromatic rings. The summed E-state index contributed by atoms with van der Waals surface area (Å²) in [6.07, 6.45) is 6.63. The van der Waals surface area contributed by atoms with Crippen LogP contribution in [0.3, 0.4) is 0 Å². The van der Waals surface area contributed by atoms with Crippen LogP contribution in [-0.4, -0.2) is 20.8 Å². The molecule has 0 nitrogen and oxygen atoms in total. The Morgan fingerprint density at radius 2 is 0.871 bits per heavy atom. The fraction of sp³-hybridized carbons (Fsp3) is 0.200. The van der Waals surface area contributed by atoms with Gasteiger partial charge in [0, 0.05) is 0 Å². The minimum Gasteiger partial charge on any atom is -0.418 e. The molecule has 4 rings (SSSR count). The van der Waals surface area contributed by atoms with Gasteiger partial charge in [-0.1, -0.05) is 0 Å². The molecular weight excluding hydrogens is 462 g/mol. The van der Waals surface area contributed by atoms with Crippen LogP contribution in [0, 0.1) is 0 Å². The molecule has 162 valence electrons. The molecule has 6 heteroatoms. The van der Waals surface area contributed by atoms with Gasteiger partial charge in [-0.2, -0.15) is 0 Å². The van der Waals surface area contributed by atoms with E-state index in [-0.39, 0.29) is 0 Å². The first-order chi connectivity index (χ1) is 14.9. The Morgan fingerprint density at radius 1 is 0.548 bits per heavy atom. The Bertz CT molecular complexity index is 846. The maximum Gasteiger partial charge on any atom is 0.673 e. The van der Waals surface area contributed by atoms with Crippen LogP contribution in [0.4, 0.5) is 17.3 Å². The second-order valence-electron chi connectivity index (χ2n) is 7.57. The van der Waals surface area contributed by atoms with E-state index in [0.717, 1.165) is 0 Å². The topological polar surface area (TPSA) is 0 Å². The summed E-state index contributed by atoms with van der Waals surface area (Å²) in [5.74, 6) is 0. The van der Waals surface area contributed by atoms with Crippen molar-refractivity contribution in [3.63, 3.8) is 0 Å². The number of hydrogen-bond donors (Lipinski definition) is 0. The van der Waals surface area contributed by atoms with Crippen molar-refractivity contribution < 1.29 is 17.3 Å². The SMILES string of the molecule is C(=C1CCCCC1)[As+](c1ccccc1)(c1ccccc1)c1ccccc1.F[B-](F)(F)F. The summed E-state index contributed by atoms with van der Waals surface area (Å²) >= 11 is -2.64. The normalized spacial score (nSPS) is 14.4. The van der Waals surface area contributed by atoms with Crippen LogP contribution < -0.4 is 13.1 Å². The third kappa shape index (κ3) is 6.61. The van der Waals surface area contributed by atoms with Gasteiger partial charge in [-0.3, -0.25) is 0 Å². The summed E-state index contributed by atoms with van der Waals surface area (Å²) in [6.45, 7) is 0. The Kier molecular flexibility index (Phi) is 8.20. The fourth-order valence-corrected chi connectivity index (χ4v) is 12.6. The van der Waals surface area contributed by atoms with Crippen LogP contribution in [0.5, 0.6) is 0 Å². The van der Waals surface area contributed by atoms with Crippen molar-refractivity contribution in [1.29, 1.82) is 0 Å². The van der Waals surface area contributed by atoms with E-state index < -0.39 is 20.8 Å². The van der Waals surface area contributed by atoms with Crippen molar-refractivity contribution in [2.75, 3.05) is 0 Å². The minimum atomic E-state index is -6.00. The van der Waals surface area contributed by atoms with E-state index in [2.05, 4.69) is 95.9 Å². The first-order valence-corrected chi connectivity index (χ1v) is 14.4. The van der Waals surface area contributed by atoms with Gasteiger partial charge >= 0.3 is 167 Å². The van der Waals surface area contributed by atoms with Crippen molar-refractivity contribution in [3.05, 3.63) is 101 Å². The monoisotopic (exact) mass is 488 g/mol. The molecule has 31 heavy (non-hydrogen) atoms. The van der Waals surface area contributed by atoms with E-state index in [1.165, 1.54) is 45.2 Å². The van der Waals surface area contributed by atoms with Gasteiger partial charge in [0.05, 0.1) is 0 Å². The van der Waals surface area contributed by atoms with Gasteiger partial charge in [-0.15, -0.1) is 0 Å². The second kappa shape index (κ2) is 10.9. The molecule has 0 aliphatic heterocycles. The van der Waals surface area contributed by atoms with Crippen molar-refractivity contribution >= 4 is 33.9 Å². The van der Waals surface area contributed by atoms with E-state index in [9.17, 15) is 17.3 Å². The third-order valence-corrected chi connectivity index (χ3v) is 13.9. The molecule has 0 spiro atoms. The molecule has 1 saturated carbocycles. The van der Waals surface area contributed by atoms with Gasteiger partial charge in [0.15, 0.2) is 0 Å². The predicted molar refractivity (Wildman–Crippen MR) is 125 cm³/mol. The maximum absolute atomic E-state index is 9.75. The van der Waals surface area contributed by atoms with Crippen LogP contribution in [0.25, 0.3) is 0 Å². The number of halogens is 4. The molecule has 1 aliphatic rings. The molecule has 1 aliphatic carbocycles. The van der Waals surface area contributed by atoms with E-state index in [0.29, 0.717) is 0 Å². The van der Waals surface area contributed by atoms with E-state index in [1.54, 1.807) is 5.57 Å². The Morgan fingerprint density at radius 3 is 1.19 bits per heavy atom. The molecule has 0 aromatic heterocycles. The maximum atomic E-state index is 9.75. The molecule has 0 heterocycles. The van der Waals surface area contributed by atoms with Crippen LogP contribution in [0.2, 0.25) is 0 Å². The van der Waals surface area contributed by atoms with Gasteiger partial charge in [0.1, 0.15) is 0 Å². The van der Waals surface area contributed by atoms with Crippen LogP contribution in [0.1, 0.15) is 32.1 Å². The molecule has 0 unspecified atom stereocenters. The average molecular weight is 488 g/mol. The quantitative estimate of drug-likeness (QED) is 0.318. The molecule has 1 fully saturated rings. The zero-order valence-corrected chi connectivity index (χ0v) is 19.2. The summed E-state index contributed by atoms with van der Waals surface area (Å²) in [6, 6.07) is 33.8. The number of hydrogen-bond acceptors (Lipinski definition) is 0. The molecule has 0 radical (unpaired) electrons. The van der Waals surface area contributed by atoms with Crippen molar-refractivity contribution in [2.24, 2.45) is 0 Å². The molecule has 0 amide bonds. The van der Waals surface area contributed by atoms with E-state index in [1.807, 2.05) is 0 Å². The number of allylic oxidation sites excluding steroid dienone is 1. The molecule has 3 aromatic carbocycles. The van der Waals surface area contributed by atoms with Crippen molar-refractivity contribution in [2.45, 2.75) is 32.1 Å². The van der Waals surface area contributed by atoms with Crippen molar-refractivity contribution in [3.8, 4) is 0 Å². The average Bonchev–Trinajstić information content (AvgIpc) is 2.79. The Labute approximate surface area is 184 Å². The van der Waals surface area contributed by atoms with Gasteiger partial charge in [-0.25, -0.2) is 0 Å².